The molecule has 0 bridgehead atoms. The van der Waals surface area contributed by atoms with Crippen molar-refractivity contribution in [3.05, 3.63) is 74.4 Å². The molecule has 4 rings (SSSR count). The van der Waals surface area contributed by atoms with Crippen LogP contribution in [0.5, 0.6) is 11.5 Å². The number of alkyl halides is 1. The van der Waals surface area contributed by atoms with Gasteiger partial charge in [0.2, 0.25) is 0 Å². The summed E-state index contributed by atoms with van der Waals surface area (Å²) in [5.41, 5.74) is 1.60. The maximum absolute atomic E-state index is 13.9. The van der Waals surface area contributed by atoms with Gasteiger partial charge in [0.15, 0.2) is 22.3 Å². The highest BCUT2D eigenvalue weighted by molar-refractivity contribution is 7.15. The number of rotatable bonds is 7. The zero-order chi connectivity index (χ0) is 25.3. The average molecular weight is 502 g/mol. The highest BCUT2D eigenvalue weighted by Crippen LogP contribution is 2.30. The molecule has 1 unspecified atom stereocenters. The first-order chi connectivity index (χ1) is 16.7. The molecule has 2 aromatic carbocycles. The maximum Gasteiger partial charge on any atom is 0.277 e. The number of phenolic OH excluding ortho intramolecular Hbond substituents is 1. The lowest BCUT2D eigenvalue weighted by molar-refractivity contribution is -0.118. The predicted octanol–water partition coefficient (Wildman–Crippen LogP) is 3.19. The van der Waals surface area contributed by atoms with E-state index in [1.807, 2.05) is 0 Å². The van der Waals surface area contributed by atoms with Crippen LogP contribution in [-0.4, -0.2) is 52.4 Å². The van der Waals surface area contributed by atoms with E-state index in [1.165, 1.54) is 37.6 Å². The minimum Gasteiger partial charge on any atom is -0.502 e. The Morgan fingerprint density at radius 2 is 2.03 bits per heavy atom. The van der Waals surface area contributed by atoms with Crippen LogP contribution in [0.4, 0.5) is 8.78 Å². The van der Waals surface area contributed by atoms with Crippen LogP contribution in [-0.2, 0) is 4.84 Å². The molecule has 11 heteroatoms. The molecule has 0 aliphatic carbocycles. The number of carbonyl (C=O) groups excluding carboxylic acids is 1. The largest absolute Gasteiger partial charge is 0.502 e. The molecule has 8 nitrogen and oxygen atoms in total. The van der Waals surface area contributed by atoms with Crippen LogP contribution in [0.2, 0.25) is 0 Å². The van der Waals surface area contributed by atoms with E-state index in [1.54, 1.807) is 30.5 Å². The molecule has 0 radical (unpaired) electrons. The summed E-state index contributed by atoms with van der Waals surface area (Å²) in [6.07, 6.45) is 1.88. The lowest BCUT2D eigenvalue weighted by Crippen LogP contribution is -2.29. The molecule has 0 aliphatic rings. The van der Waals surface area contributed by atoms with Crippen molar-refractivity contribution in [3.63, 3.8) is 0 Å². The molecule has 0 spiro atoms. The summed E-state index contributed by atoms with van der Waals surface area (Å²) < 4.78 is 33.5. The van der Waals surface area contributed by atoms with E-state index in [-0.39, 0.29) is 17.9 Å². The van der Waals surface area contributed by atoms with Gasteiger partial charge < -0.3 is 9.84 Å². The molecular formula is C24H21F2N3O5S. The third-order valence-electron chi connectivity index (χ3n) is 5.08. The Hall–Kier alpha value is -3.83. The number of aromatic hydroxyl groups is 1. The molecule has 2 heterocycles. The standard InChI is InChI=1S/C24H21F2N3O5S/c1-13(25)12-34-28(2)22(31)16-6-4-15(5-7-16)18-11-29-23(32)20(35-24(29)27-18)10-14-8-17(26)21(30)19(9-14)33-3/h4-11,13,30H,12H2,1-3H3/b20-10-. The fourth-order valence-corrected chi connectivity index (χ4v) is 4.25. The number of methoxy groups -OCH3 is 1. The van der Waals surface area contributed by atoms with Gasteiger partial charge in [-0.25, -0.2) is 18.8 Å². The molecule has 0 saturated carbocycles. The lowest BCUT2D eigenvalue weighted by Gasteiger charge is -2.17. The molecular weight excluding hydrogens is 480 g/mol. The fourth-order valence-electron chi connectivity index (χ4n) is 3.29. The molecule has 0 aliphatic heterocycles. The van der Waals surface area contributed by atoms with E-state index in [0.717, 1.165) is 22.5 Å². The topological polar surface area (TPSA) is 93.4 Å². The number of benzene rings is 2. The molecule has 0 saturated heterocycles. The van der Waals surface area contributed by atoms with E-state index < -0.39 is 23.6 Å². The van der Waals surface area contributed by atoms with Gasteiger partial charge in [-0.05, 0) is 42.8 Å². The third-order valence-corrected chi connectivity index (χ3v) is 6.07. The summed E-state index contributed by atoms with van der Waals surface area (Å²) in [6, 6.07) is 9.09. The number of carbonyl (C=O) groups is 1. The van der Waals surface area contributed by atoms with Crippen molar-refractivity contribution >= 4 is 28.3 Å². The van der Waals surface area contributed by atoms with Crippen molar-refractivity contribution in [1.82, 2.24) is 14.4 Å². The third kappa shape index (κ3) is 5.00. The van der Waals surface area contributed by atoms with Crippen molar-refractivity contribution in [2.24, 2.45) is 0 Å². The van der Waals surface area contributed by atoms with Crippen molar-refractivity contribution in [1.29, 1.82) is 0 Å². The number of hydrogen-bond donors (Lipinski definition) is 1. The van der Waals surface area contributed by atoms with Crippen molar-refractivity contribution in [2.75, 3.05) is 20.8 Å². The van der Waals surface area contributed by atoms with Crippen molar-refractivity contribution in [3.8, 4) is 22.8 Å². The van der Waals surface area contributed by atoms with Crippen LogP contribution in [0.25, 0.3) is 22.3 Å². The second kappa shape index (κ2) is 9.80. The van der Waals surface area contributed by atoms with E-state index in [2.05, 4.69) is 4.98 Å². The van der Waals surface area contributed by atoms with Crippen LogP contribution in [0.1, 0.15) is 22.8 Å². The van der Waals surface area contributed by atoms with Gasteiger partial charge in [0, 0.05) is 24.4 Å². The molecule has 0 fully saturated rings. The maximum atomic E-state index is 13.9. The second-order valence-corrected chi connectivity index (χ2v) is 8.71. The number of fused-ring (bicyclic) bond motifs is 1. The Morgan fingerprint density at radius 3 is 2.66 bits per heavy atom. The van der Waals surface area contributed by atoms with Crippen molar-refractivity contribution < 1.29 is 28.3 Å². The summed E-state index contributed by atoms with van der Waals surface area (Å²) in [5.74, 6) is -1.92. The van der Waals surface area contributed by atoms with Gasteiger partial charge in [-0.3, -0.25) is 18.8 Å². The summed E-state index contributed by atoms with van der Waals surface area (Å²) in [7, 11) is 2.72. The van der Waals surface area contributed by atoms with E-state index in [4.69, 9.17) is 9.57 Å². The van der Waals surface area contributed by atoms with Crippen LogP contribution in [0.3, 0.4) is 0 Å². The van der Waals surface area contributed by atoms with Gasteiger partial charge in [0.05, 0.1) is 17.3 Å². The summed E-state index contributed by atoms with van der Waals surface area (Å²) in [5, 5.41) is 10.6. The smallest absolute Gasteiger partial charge is 0.277 e. The number of hydroxylamine groups is 2. The summed E-state index contributed by atoms with van der Waals surface area (Å²) in [4.78, 5) is 35.2. The van der Waals surface area contributed by atoms with Gasteiger partial charge in [0.25, 0.3) is 11.5 Å². The number of imidazole rings is 1. The molecule has 1 amide bonds. The van der Waals surface area contributed by atoms with Gasteiger partial charge in [0.1, 0.15) is 12.8 Å². The highest BCUT2D eigenvalue weighted by atomic mass is 32.1. The number of nitrogens with zero attached hydrogens (tertiary/aromatic N) is 3. The summed E-state index contributed by atoms with van der Waals surface area (Å²) >= 11 is 1.13. The Bertz CT molecular complexity index is 1500. The van der Waals surface area contributed by atoms with Crippen molar-refractivity contribution in [2.45, 2.75) is 13.1 Å². The monoisotopic (exact) mass is 501 g/mol. The number of thiazole rings is 1. The van der Waals surface area contributed by atoms with E-state index in [0.29, 0.717) is 31.9 Å². The average Bonchev–Trinajstić information content (AvgIpc) is 3.38. The number of aromatic nitrogens is 2. The van der Waals surface area contributed by atoms with Crippen LogP contribution < -0.4 is 14.8 Å². The van der Waals surface area contributed by atoms with Gasteiger partial charge in [-0.15, -0.1) is 0 Å². The van der Waals surface area contributed by atoms with Gasteiger partial charge >= 0.3 is 0 Å². The Labute approximate surface area is 202 Å². The Balaban J connectivity index is 1.59. The Kier molecular flexibility index (Phi) is 6.81. The number of amides is 1. The van der Waals surface area contributed by atoms with Gasteiger partial charge in [-0.1, -0.05) is 23.5 Å². The number of hydrogen-bond acceptors (Lipinski definition) is 7. The van der Waals surface area contributed by atoms with E-state index >= 15 is 0 Å². The SMILES string of the molecule is COc1cc(/C=c2\sc3nc(-c4ccc(C(=O)N(C)OCC(C)F)cc4)cn3c2=O)cc(F)c1O. The number of phenols is 1. The molecule has 1 atom stereocenters. The number of ether oxygens (including phenoxy) is 1. The van der Waals surface area contributed by atoms with Gasteiger partial charge in [-0.2, -0.15) is 0 Å². The quantitative estimate of drug-likeness (QED) is 0.391. The first-order valence-corrected chi connectivity index (χ1v) is 11.2. The molecule has 182 valence electrons. The predicted molar refractivity (Wildman–Crippen MR) is 127 cm³/mol. The minimum atomic E-state index is -1.20. The van der Waals surface area contributed by atoms with E-state index in [9.17, 15) is 23.5 Å². The number of halogens is 2. The van der Waals surface area contributed by atoms with Crippen LogP contribution in [0, 0.1) is 5.82 Å². The van der Waals surface area contributed by atoms with Crippen LogP contribution >= 0.6 is 11.3 Å². The lowest BCUT2D eigenvalue weighted by atomic mass is 10.1. The molecule has 2 aromatic heterocycles. The molecule has 1 N–H and O–H groups in total. The normalized spacial score (nSPS) is 12.8. The highest BCUT2D eigenvalue weighted by Gasteiger charge is 2.16. The first-order valence-electron chi connectivity index (χ1n) is 10.4. The fraction of sp³-hybridized carbons (Fsp3) is 0.208. The molecule has 4 aromatic rings. The van der Waals surface area contributed by atoms with Crippen LogP contribution in [0.15, 0.2) is 47.4 Å². The molecule has 35 heavy (non-hydrogen) atoms. The zero-order valence-electron chi connectivity index (χ0n) is 19.0. The summed E-state index contributed by atoms with van der Waals surface area (Å²) in [6.45, 7) is 1.11. The Morgan fingerprint density at radius 1 is 1.31 bits per heavy atom. The zero-order valence-corrected chi connectivity index (χ0v) is 19.8. The first kappa shape index (κ1) is 24.3. The minimum absolute atomic E-state index is 0.0380. The second-order valence-electron chi connectivity index (χ2n) is 7.70.